The molecule has 1 aromatic carbocycles. The van der Waals surface area contributed by atoms with Crippen molar-refractivity contribution in [2.45, 2.75) is 38.1 Å². The van der Waals surface area contributed by atoms with Crippen LogP contribution in [0.15, 0.2) is 18.2 Å². The molecule has 1 saturated carbocycles. The van der Waals surface area contributed by atoms with Crippen molar-refractivity contribution < 1.29 is 14.3 Å². The van der Waals surface area contributed by atoms with Crippen LogP contribution in [0.2, 0.25) is 0 Å². The van der Waals surface area contributed by atoms with Gasteiger partial charge in [-0.2, -0.15) is 0 Å². The Labute approximate surface area is 118 Å². The Hall–Kier alpha value is -1.62. The normalized spacial score (nSPS) is 16.1. The largest absolute Gasteiger partial charge is 0.396 e. The van der Waals surface area contributed by atoms with Gasteiger partial charge in [0.05, 0.1) is 12.3 Å². The Balaban J connectivity index is 2.18. The van der Waals surface area contributed by atoms with Gasteiger partial charge in [0, 0.05) is 18.2 Å². The van der Waals surface area contributed by atoms with E-state index >= 15 is 0 Å². The number of aliphatic hydroxyl groups excluding tert-OH is 1. The number of benzene rings is 1. The monoisotopic (exact) mass is 280 g/mol. The minimum absolute atomic E-state index is 0.0351. The molecule has 0 atom stereocenters. The Morgan fingerprint density at radius 2 is 2.05 bits per heavy atom. The van der Waals surface area contributed by atoms with Gasteiger partial charge in [0.2, 0.25) is 0 Å². The molecule has 0 bridgehead atoms. The van der Waals surface area contributed by atoms with Gasteiger partial charge in [-0.05, 0) is 31.0 Å². The topological polar surface area (TPSA) is 66.6 Å². The molecule has 0 aromatic heterocycles. The van der Waals surface area contributed by atoms with Crippen LogP contribution in [0.25, 0.3) is 0 Å². The Kier molecular flexibility index (Phi) is 4.95. The van der Waals surface area contributed by atoms with E-state index in [0.717, 1.165) is 25.7 Å². The lowest BCUT2D eigenvalue weighted by atomic mass is 9.93. The van der Waals surface area contributed by atoms with E-state index in [1.54, 1.807) is 4.90 Å². The maximum Gasteiger partial charge on any atom is 0.254 e. The predicted octanol–water partition coefficient (Wildman–Crippen LogP) is 2.18. The summed E-state index contributed by atoms with van der Waals surface area (Å²) in [6.45, 7) is 0.204. The number of nitrogens with two attached hydrogens (primary N) is 1. The summed E-state index contributed by atoms with van der Waals surface area (Å²) in [4.78, 5) is 14.2. The molecule has 1 aliphatic rings. The third-order valence-corrected chi connectivity index (χ3v) is 3.86. The molecule has 0 spiro atoms. The molecule has 3 N–H and O–H groups in total. The van der Waals surface area contributed by atoms with Crippen molar-refractivity contribution in [1.29, 1.82) is 0 Å². The van der Waals surface area contributed by atoms with Crippen LogP contribution in [0, 0.1) is 5.82 Å². The van der Waals surface area contributed by atoms with E-state index in [4.69, 9.17) is 5.73 Å². The molecule has 110 valence electrons. The number of halogens is 1. The number of carbonyl (C=O) groups is 1. The second-order valence-corrected chi connectivity index (χ2v) is 5.25. The summed E-state index contributed by atoms with van der Waals surface area (Å²) in [6.07, 6.45) is 5.27. The lowest BCUT2D eigenvalue weighted by molar-refractivity contribution is 0.0585. The number of amides is 1. The van der Waals surface area contributed by atoms with E-state index in [1.807, 2.05) is 0 Å². The minimum atomic E-state index is -0.580. The second kappa shape index (κ2) is 6.70. The molecule has 1 fully saturated rings. The maximum absolute atomic E-state index is 13.5. The summed E-state index contributed by atoms with van der Waals surface area (Å²) in [5.41, 5.74) is 5.75. The van der Waals surface area contributed by atoms with E-state index in [2.05, 4.69) is 0 Å². The number of nitrogen functional groups attached to an aromatic ring is 1. The second-order valence-electron chi connectivity index (χ2n) is 5.25. The van der Waals surface area contributed by atoms with Crippen LogP contribution in [-0.4, -0.2) is 35.1 Å². The molecule has 20 heavy (non-hydrogen) atoms. The van der Waals surface area contributed by atoms with Crippen LogP contribution in [0.3, 0.4) is 0 Å². The smallest absolute Gasteiger partial charge is 0.254 e. The van der Waals surface area contributed by atoms with Crippen LogP contribution < -0.4 is 5.73 Å². The van der Waals surface area contributed by atoms with Gasteiger partial charge in [0.15, 0.2) is 0 Å². The van der Waals surface area contributed by atoms with Crippen LogP contribution in [0.5, 0.6) is 0 Å². The molecule has 0 saturated heterocycles. The van der Waals surface area contributed by atoms with Crippen LogP contribution in [-0.2, 0) is 0 Å². The third-order valence-electron chi connectivity index (χ3n) is 3.86. The zero-order valence-electron chi connectivity index (χ0n) is 11.5. The number of hydrogen-bond acceptors (Lipinski definition) is 3. The molecule has 1 aliphatic carbocycles. The van der Waals surface area contributed by atoms with Crippen molar-refractivity contribution in [2.75, 3.05) is 18.9 Å². The SMILES string of the molecule is Nc1ccc(C(=O)N(CCO)C2CCCCC2)cc1F. The van der Waals surface area contributed by atoms with Gasteiger partial charge in [-0.15, -0.1) is 0 Å². The van der Waals surface area contributed by atoms with Crippen LogP contribution in [0.4, 0.5) is 10.1 Å². The lowest BCUT2D eigenvalue weighted by Gasteiger charge is -2.34. The zero-order valence-corrected chi connectivity index (χ0v) is 11.5. The van der Waals surface area contributed by atoms with E-state index in [1.165, 1.54) is 24.6 Å². The summed E-state index contributed by atoms with van der Waals surface area (Å²) in [7, 11) is 0. The quantitative estimate of drug-likeness (QED) is 0.831. The third kappa shape index (κ3) is 3.28. The number of aliphatic hydroxyl groups is 1. The molecule has 0 aliphatic heterocycles. The minimum Gasteiger partial charge on any atom is -0.396 e. The van der Waals surface area contributed by atoms with Crippen molar-refractivity contribution in [3.8, 4) is 0 Å². The average molecular weight is 280 g/mol. The first-order valence-electron chi connectivity index (χ1n) is 7.10. The van der Waals surface area contributed by atoms with Crippen molar-refractivity contribution in [2.24, 2.45) is 0 Å². The molecular formula is C15H21FN2O2. The first-order chi connectivity index (χ1) is 9.63. The zero-order chi connectivity index (χ0) is 14.5. The van der Waals surface area contributed by atoms with Crippen LogP contribution in [0.1, 0.15) is 42.5 Å². The van der Waals surface area contributed by atoms with Gasteiger partial charge in [0.25, 0.3) is 5.91 Å². The molecule has 0 heterocycles. The highest BCUT2D eigenvalue weighted by Crippen LogP contribution is 2.24. The number of rotatable bonds is 4. The summed E-state index contributed by atoms with van der Waals surface area (Å²) < 4.78 is 13.5. The van der Waals surface area contributed by atoms with Crippen LogP contribution >= 0.6 is 0 Å². The number of anilines is 1. The first-order valence-corrected chi connectivity index (χ1v) is 7.10. The molecule has 4 nitrogen and oxygen atoms in total. The Morgan fingerprint density at radius 1 is 1.35 bits per heavy atom. The van der Waals surface area contributed by atoms with E-state index in [0.29, 0.717) is 0 Å². The summed E-state index contributed by atoms with van der Waals surface area (Å²) in [6, 6.07) is 4.25. The summed E-state index contributed by atoms with van der Waals surface area (Å²) in [5, 5.41) is 9.17. The van der Waals surface area contributed by atoms with Gasteiger partial charge in [0.1, 0.15) is 5.82 Å². The van der Waals surface area contributed by atoms with Gasteiger partial charge in [-0.25, -0.2) is 4.39 Å². The number of nitrogens with zero attached hydrogens (tertiary/aromatic N) is 1. The van der Waals surface area contributed by atoms with Gasteiger partial charge < -0.3 is 15.7 Å². The fraction of sp³-hybridized carbons (Fsp3) is 0.533. The fourth-order valence-electron chi connectivity index (χ4n) is 2.78. The number of carbonyl (C=O) groups excluding carboxylic acids is 1. The molecule has 0 radical (unpaired) electrons. The van der Waals surface area contributed by atoms with Gasteiger partial charge in [-0.3, -0.25) is 4.79 Å². The van der Waals surface area contributed by atoms with Crippen molar-refractivity contribution in [1.82, 2.24) is 4.90 Å². The number of hydrogen-bond donors (Lipinski definition) is 2. The van der Waals surface area contributed by atoms with Gasteiger partial charge in [-0.1, -0.05) is 19.3 Å². The summed E-state index contributed by atoms with van der Waals surface area (Å²) in [5.74, 6) is -0.812. The van der Waals surface area contributed by atoms with Crippen molar-refractivity contribution in [3.05, 3.63) is 29.6 Å². The first kappa shape index (κ1) is 14.8. The highest BCUT2D eigenvalue weighted by Gasteiger charge is 2.26. The van der Waals surface area contributed by atoms with E-state index < -0.39 is 5.82 Å². The highest BCUT2D eigenvalue weighted by atomic mass is 19.1. The predicted molar refractivity (Wildman–Crippen MR) is 75.8 cm³/mol. The van der Waals surface area contributed by atoms with Crippen molar-refractivity contribution >= 4 is 11.6 Å². The molecule has 1 amide bonds. The average Bonchev–Trinajstić information content (AvgIpc) is 2.48. The van der Waals surface area contributed by atoms with E-state index in [-0.39, 0.29) is 36.4 Å². The molecule has 5 heteroatoms. The Bertz CT molecular complexity index is 473. The molecule has 1 aromatic rings. The lowest BCUT2D eigenvalue weighted by Crippen LogP contribution is -2.43. The van der Waals surface area contributed by atoms with E-state index in [9.17, 15) is 14.3 Å². The molecule has 2 rings (SSSR count). The maximum atomic E-state index is 13.5. The molecule has 0 unspecified atom stereocenters. The fourth-order valence-corrected chi connectivity index (χ4v) is 2.78. The summed E-state index contributed by atoms with van der Waals surface area (Å²) >= 11 is 0. The highest BCUT2D eigenvalue weighted by molar-refractivity contribution is 5.94. The Morgan fingerprint density at radius 3 is 2.65 bits per heavy atom. The molecular weight excluding hydrogens is 259 g/mol. The standard InChI is InChI=1S/C15H21FN2O2/c16-13-10-11(6-7-14(13)17)15(20)18(8-9-19)12-4-2-1-3-5-12/h6-7,10,12,19H,1-5,8-9,17H2. The van der Waals surface area contributed by atoms with Gasteiger partial charge >= 0.3 is 0 Å². The van der Waals surface area contributed by atoms with Crippen molar-refractivity contribution in [3.63, 3.8) is 0 Å².